The number of benzene rings is 2. The molecule has 0 aliphatic carbocycles. The highest BCUT2D eigenvalue weighted by Crippen LogP contribution is 2.32. The van der Waals surface area contributed by atoms with Crippen LogP contribution in [-0.2, 0) is 22.6 Å². The van der Waals surface area contributed by atoms with Crippen molar-refractivity contribution in [1.82, 2.24) is 9.13 Å². The summed E-state index contributed by atoms with van der Waals surface area (Å²) < 4.78 is 14.5. The van der Waals surface area contributed by atoms with E-state index in [4.69, 9.17) is 9.47 Å². The summed E-state index contributed by atoms with van der Waals surface area (Å²) in [5.41, 5.74) is 3.93. The Morgan fingerprint density at radius 2 is 1.12 bits per heavy atom. The van der Waals surface area contributed by atoms with Crippen molar-refractivity contribution in [2.45, 2.75) is 40.8 Å². The van der Waals surface area contributed by atoms with Crippen molar-refractivity contribution in [2.75, 3.05) is 13.2 Å². The molecule has 4 aromatic rings. The number of esters is 2. The molecule has 0 aliphatic rings. The number of nitrogens with zero attached hydrogens (tertiary/aromatic N) is 2. The van der Waals surface area contributed by atoms with Gasteiger partial charge in [-0.05, 0) is 64.1 Å². The molecule has 8 nitrogen and oxygen atoms in total. The van der Waals surface area contributed by atoms with Gasteiger partial charge in [0.1, 0.15) is 11.5 Å². The van der Waals surface area contributed by atoms with Crippen LogP contribution in [0.25, 0.3) is 21.8 Å². The van der Waals surface area contributed by atoms with Crippen LogP contribution in [0.1, 0.15) is 46.0 Å². The molecule has 8 heteroatoms. The number of phenols is 2. The maximum absolute atomic E-state index is 12.7. The molecule has 0 amide bonds. The molecule has 0 radical (unpaired) electrons. The maximum Gasteiger partial charge on any atom is 0.340 e. The number of fused-ring (bicyclic) bond motifs is 2. The van der Waals surface area contributed by atoms with Gasteiger partial charge in [-0.3, -0.25) is 0 Å². The van der Waals surface area contributed by atoms with Crippen LogP contribution in [-0.4, -0.2) is 44.5 Å². The summed E-state index contributed by atoms with van der Waals surface area (Å²) in [4.78, 5) is 25.4. The largest absolute Gasteiger partial charge is 0.508 e. The summed E-state index contributed by atoms with van der Waals surface area (Å²) in [5, 5.41) is 21.3. The minimum atomic E-state index is -0.433. The number of hydrogen-bond donors (Lipinski definition) is 2. The van der Waals surface area contributed by atoms with E-state index < -0.39 is 11.9 Å². The molecule has 0 atom stereocenters. The lowest BCUT2D eigenvalue weighted by atomic mass is 10.1. The van der Waals surface area contributed by atoms with Gasteiger partial charge in [-0.25, -0.2) is 9.59 Å². The normalized spacial score (nSPS) is 11.3. The van der Waals surface area contributed by atoms with E-state index in [1.165, 1.54) is 0 Å². The molecule has 2 aromatic heterocycles. The van der Waals surface area contributed by atoms with Crippen molar-refractivity contribution >= 4 is 33.7 Å². The van der Waals surface area contributed by atoms with Crippen LogP contribution in [0, 0.1) is 13.8 Å². The second-order valence-corrected chi connectivity index (χ2v) is 8.07. The molecule has 0 saturated carbocycles. The highest BCUT2D eigenvalue weighted by atomic mass is 16.5. The number of carbonyl (C=O) groups excluding carboxylic acids is 2. The van der Waals surface area contributed by atoms with E-state index in [9.17, 15) is 19.8 Å². The minimum absolute atomic E-state index is 0.0707. The molecule has 0 saturated heterocycles. The Hall–Kier alpha value is -3.94. The first-order valence-corrected chi connectivity index (χ1v) is 11.3. The standard InChI is InChI=1S/C26H28N2O6/c1-5-33-25(31)23-15(3)27(21-9-7-17(29)13-19(21)23)11-12-28-16(4)24(26(32)34-6-2)20-14-18(30)8-10-22(20)28/h7-10,13-14,29-30H,5-6,11-12H2,1-4H3. The predicted molar refractivity (Wildman–Crippen MR) is 129 cm³/mol. The average Bonchev–Trinajstić information content (AvgIpc) is 3.21. The fourth-order valence-electron chi connectivity index (χ4n) is 4.64. The number of aromatic hydroxyl groups is 2. The van der Waals surface area contributed by atoms with Crippen LogP contribution in [0.15, 0.2) is 36.4 Å². The average molecular weight is 465 g/mol. The molecule has 0 spiro atoms. The summed E-state index contributed by atoms with van der Waals surface area (Å²) in [5.74, 6) is -0.725. The van der Waals surface area contributed by atoms with Crippen LogP contribution in [0.5, 0.6) is 11.5 Å². The van der Waals surface area contributed by atoms with Crippen molar-refractivity contribution in [3.63, 3.8) is 0 Å². The van der Waals surface area contributed by atoms with Crippen LogP contribution in [0.3, 0.4) is 0 Å². The first-order valence-electron chi connectivity index (χ1n) is 11.3. The number of aryl methyl sites for hydroxylation is 2. The number of rotatable bonds is 7. The van der Waals surface area contributed by atoms with Crippen molar-refractivity contribution in [1.29, 1.82) is 0 Å². The molecular formula is C26H28N2O6. The summed E-state index contributed by atoms with van der Waals surface area (Å²) >= 11 is 0. The van der Waals surface area contributed by atoms with Crippen LogP contribution in [0.2, 0.25) is 0 Å². The molecule has 0 unspecified atom stereocenters. The third-order valence-corrected chi connectivity index (χ3v) is 6.12. The van der Waals surface area contributed by atoms with Gasteiger partial charge >= 0.3 is 11.9 Å². The summed E-state index contributed by atoms with van der Waals surface area (Å²) in [6.45, 7) is 8.72. The lowest BCUT2D eigenvalue weighted by molar-refractivity contribution is 0.0517. The van der Waals surface area contributed by atoms with Crippen molar-refractivity contribution in [3.8, 4) is 11.5 Å². The summed E-state index contributed by atoms with van der Waals surface area (Å²) in [7, 11) is 0. The quantitative estimate of drug-likeness (QED) is 0.385. The van der Waals surface area contributed by atoms with E-state index in [-0.39, 0.29) is 24.7 Å². The fourth-order valence-corrected chi connectivity index (χ4v) is 4.64. The van der Waals surface area contributed by atoms with Gasteiger partial charge in [-0.15, -0.1) is 0 Å². The molecule has 0 fully saturated rings. The number of aromatic nitrogens is 2. The van der Waals surface area contributed by atoms with Gasteiger partial charge < -0.3 is 28.8 Å². The van der Waals surface area contributed by atoms with E-state index in [1.807, 2.05) is 23.0 Å². The second kappa shape index (κ2) is 9.13. The molecule has 4 rings (SSSR count). The molecule has 2 heterocycles. The van der Waals surface area contributed by atoms with Crippen molar-refractivity contribution in [3.05, 3.63) is 58.9 Å². The Labute approximate surface area is 196 Å². The molecule has 2 aromatic carbocycles. The smallest absolute Gasteiger partial charge is 0.340 e. The molecule has 178 valence electrons. The molecule has 0 aliphatic heterocycles. The summed E-state index contributed by atoms with van der Waals surface area (Å²) in [6, 6.07) is 9.88. The van der Waals surface area contributed by atoms with Gasteiger partial charge in [0, 0.05) is 46.3 Å². The molecule has 2 N–H and O–H groups in total. The highest BCUT2D eigenvalue weighted by Gasteiger charge is 2.24. The Kier molecular flexibility index (Phi) is 6.24. The van der Waals surface area contributed by atoms with E-state index in [0.717, 1.165) is 22.4 Å². The zero-order chi connectivity index (χ0) is 24.6. The Bertz CT molecular complexity index is 1300. The third-order valence-electron chi connectivity index (χ3n) is 6.12. The molecule has 34 heavy (non-hydrogen) atoms. The van der Waals surface area contributed by atoms with Gasteiger partial charge in [-0.1, -0.05) is 0 Å². The van der Waals surface area contributed by atoms with Crippen LogP contribution in [0.4, 0.5) is 0 Å². The predicted octanol–water partition coefficient (Wildman–Crippen LogP) is 4.68. The van der Waals surface area contributed by atoms with Crippen LogP contribution < -0.4 is 0 Å². The fraction of sp³-hybridized carbons (Fsp3) is 0.308. The van der Waals surface area contributed by atoms with Gasteiger partial charge in [0.2, 0.25) is 0 Å². The Balaban J connectivity index is 1.80. The monoisotopic (exact) mass is 464 g/mol. The zero-order valence-corrected chi connectivity index (χ0v) is 19.7. The first-order chi connectivity index (χ1) is 16.3. The van der Waals surface area contributed by atoms with Gasteiger partial charge in [0.05, 0.1) is 24.3 Å². The SMILES string of the molecule is CCOC(=O)c1c(C)n(CCn2c(C)c(C(=O)OCC)c3cc(O)ccc32)c2ccc(O)cc12. The Morgan fingerprint density at radius 1 is 0.735 bits per heavy atom. The number of hydrogen-bond acceptors (Lipinski definition) is 6. The topological polar surface area (TPSA) is 103 Å². The van der Waals surface area contributed by atoms with Gasteiger partial charge in [0.25, 0.3) is 0 Å². The van der Waals surface area contributed by atoms with E-state index in [1.54, 1.807) is 50.2 Å². The minimum Gasteiger partial charge on any atom is -0.508 e. The van der Waals surface area contributed by atoms with E-state index in [2.05, 4.69) is 0 Å². The third kappa shape index (κ3) is 3.85. The molecular weight excluding hydrogens is 436 g/mol. The summed E-state index contributed by atoms with van der Waals surface area (Å²) in [6.07, 6.45) is 0. The van der Waals surface area contributed by atoms with Crippen molar-refractivity contribution in [2.24, 2.45) is 0 Å². The number of carbonyl (C=O) groups is 2. The van der Waals surface area contributed by atoms with Crippen LogP contribution >= 0.6 is 0 Å². The van der Waals surface area contributed by atoms with Gasteiger partial charge in [-0.2, -0.15) is 0 Å². The Morgan fingerprint density at radius 3 is 1.47 bits per heavy atom. The zero-order valence-electron chi connectivity index (χ0n) is 19.7. The van der Waals surface area contributed by atoms with Crippen molar-refractivity contribution < 1.29 is 29.3 Å². The maximum atomic E-state index is 12.7. The lowest BCUT2D eigenvalue weighted by Crippen LogP contribution is -2.12. The number of ether oxygens (including phenoxy) is 2. The number of phenolic OH excluding ortho intramolecular Hbond substituents is 2. The highest BCUT2D eigenvalue weighted by molar-refractivity contribution is 6.07. The molecule has 0 bridgehead atoms. The van der Waals surface area contributed by atoms with E-state index in [0.29, 0.717) is 35.0 Å². The second-order valence-electron chi connectivity index (χ2n) is 8.07. The van der Waals surface area contributed by atoms with Gasteiger partial charge in [0.15, 0.2) is 0 Å². The first kappa shape index (κ1) is 23.2. The lowest BCUT2D eigenvalue weighted by Gasteiger charge is -2.13. The van der Waals surface area contributed by atoms with E-state index >= 15 is 0 Å².